The monoisotopic (exact) mass is 386 g/mol. The van der Waals surface area contributed by atoms with Gasteiger partial charge in [0, 0.05) is 40.0 Å². The fraction of sp³-hybridized carbons (Fsp3) is 0.381. The molecular weight excluding hydrogens is 360 g/mol. The first-order chi connectivity index (χ1) is 12.4. The van der Waals surface area contributed by atoms with E-state index in [2.05, 4.69) is 57.0 Å². The molecule has 1 aliphatic heterocycles. The lowest BCUT2D eigenvalue weighted by Gasteiger charge is -2.22. The summed E-state index contributed by atoms with van der Waals surface area (Å²) in [6, 6.07) is 6.25. The minimum Gasteiger partial charge on any atom is -0.372 e. The third-order valence-electron chi connectivity index (χ3n) is 4.99. The number of anilines is 2. The molecule has 1 N–H and O–H groups in total. The smallest absolute Gasteiger partial charge is 0.262 e. The standard InChI is InChI=1S/C21H26N2OS2/c1-6-23(7-2)16-8-9-18(13(3)10-16)22-21(24)20-11-19-17(12-25-20)14(4)15(5)26-19/h8-11H,6-7,12H2,1-5H3,(H,22,24). The van der Waals surface area contributed by atoms with Crippen LogP contribution in [0.25, 0.3) is 6.08 Å². The number of hydrogen-bond acceptors (Lipinski definition) is 4. The van der Waals surface area contributed by atoms with Crippen molar-refractivity contribution < 1.29 is 4.79 Å². The number of carbonyl (C=O) groups excluding carboxylic acids is 1. The van der Waals surface area contributed by atoms with Crippen LogP contribution in [0.2, 0.25) is 0 Å². The Balaban J connectivity index is 1.78. The summed E-state index contributed by atoms with van der Waals surface area (Å²) in [6.45, 7) is 12.6. The van der Waals surface area contributed by atoms with Crippen LogP contribution in [0.5, 0.6) is 0 Å². The van der Waals surface area contributed by atoms with Gasteiger partial charge in [-0.25, -0.2) is 0 Å². The zero-order valence-electron chi connectivity index (χ0n) is 16.1. The summed E-state index contributed by atoms with van der Waals surface area (Å²) >= 11 is 3.41. The molecule has 0 spiro atoms. The first-order valence-corrected chi connectivity index (χ1v) is 10.8. The zero-order valence-corrected chi connectivity index (χ0v) is 17.7. The maximum absolute atomic E-state index is 12.7. The van der Waals surface area contributed by atoms with Crippen LogP contribution in [0.3, 0.4) is 0 Å². The highest BCUT2D eigenvalue weighted by atomic mass is 32.2. The summed E-state index contributed by atoms with van der Waals surface area (Å²) < 4.78 is 0. The van der Waals surface area contributed by atoms with Crippen molar-refractivity contribution in [3.05, 3.63) is 49.5 Å². The highest BCUT2D eigenvalue weighted by Crippen LogP contribution is 2.39. The van der Waals surface area contributed by atoms with Crippen LogP contribution >= 0.6 is 23.1 Å². The number of amides is 1. The van der Waals surface area contributed by atoms with Crippen molar-refractivity contribution in [3.8, 4) is 0 Å². The van der Waals surface area contributed by atoms with E-state index in [0.717, 1.165) is 35.0 Å². The molecule has 138 valence electrons. The van der Waals surface area contributed by atoms with Crippen molar-refractivity contribution in [1.29, 1.82) is 0 Å². The van der Waals surface area contributed by atoms with Gasteiger partial charge in [-0.3, -0.25) is 4.79 Å². The lowest BCUT2D eigenvalue weighted by Crippen LogP contribution is -2.22. The Labute approximate surface area is 164 Å². The van der Waals surface area contributed by atoms with Crippen molar-refractivity contribution in [2.45, 2.75) is 40.4 Å². The SMILES string of the molecule is CCN(CC)c1ccc(NC(=O)C2=Cc3sc(C)c(C)c3CS2)c(C)c1. The van der Waals surface area contributed by atoms with E-state index in [-0.39, 0.29) is 5.91 Å². The molecule has 3 rings (SSSR count). The van der Waals surface area contributed by atoms with Gasteiger partial charge in [0.1, 0.15) is 0 Å². The lowest BCUT2D eigenvalue weighted by molar-refractivity contribution is -0.112. The Bertz CT molecular complexity index is 863. The van der Waals surface area contributed by atoms with E-state index in [0.29, 0.717) is 0 Å². The molecular formula is C21H26N2OS2. The maximum atomic E-state index is 12.7. The molecule has 2 heterocycles. The second-order valence-corrected chi connectivity index (χ2v) is 8.82. The highest BCUT2D eigenvalue weighted by molar-refractivity contribution is 8.03. The van der Waals surface area contributed by atoms with E-state index in [9.17, 15) is 4.79 Å². The first kappa shape index (κ1) is 19.1. The van der Waals surface area contributed by atoms with Crippen molar-refractivity contribution in [1.82, 2.24) is 0 Å². The fourth-order valence-corrected chi connectivity index (χ4v) is 5.55. The largest absolute Gasteiger partial charge is 0.372 e. The van der Waals surface area contributed by atoms with Crippen molar-refractivity contribution in [2.24, 2.45) is 0 Å². The third kappa shape index (κ3) is 3.69. The molecule has 1 aliphatic rings. The van der Waals surface area contributed by atoms with Gasteiger partial charge in [0.15, 0.2) is 0 Å². The van der Waals surface area contributed by atoms with Gasteiger partial charge in [0.2, 0.25) is 0 Å². The molecule has 3 nitrogen and oxygen atoms in total. The maximum Gasteiger partial charge on any atom is 0.262 e. The third-order valence-corrected chi connectivity index (χ3v) is 7.23. The average molecular weight is 387 g/mol. The van der Waals surface area contributed by atoms with E-state index in [1.54, 1.807) is 23.1 Å². The fourth-order valence-electron chi connectivity index (χ4n) is 3.20. The van der Waals surface area contributed by atoms with Crippen molar-refractivity contribution >= 4 is 46.5 Å². The number of aryl methyl sites for hydroxylation is 2. The number of nitrogens with zero attached hydrogens (tertiary/aromatic N) is 1. The van der Waals surface area contributed by atoms with Gasteiger partial charge in [-0.15, -0.1) is 23.1 Å². The Morgan fingerprint density at radius 2 is 1.92 bits per heavy atom. The summed E-state index contributed by atoms with van der Waals surface area (Å²) in [6.07, 6.45) is 2.04. The van der Waals surface area contributed by atoms with Gasteiger partial charge in [-0.1, -0.05) is 0 Å². The molecule has 0 aliphatic carbocycles. The minimum atomic E-state index is -0.0111. The molecule has 0 atom stereocenters. The predicted octanol–water partition coefficient (Wildman–Crippen LogP) is 5.75. The number of hydrogen-bond donors (Lipinski definition) is 1. The van der Waals surface area contributed by atoms with Crippen LogP contribution in [0.15, 0.2) is 23.1 Å². The Morgan fingerprint density at radius 3 is 2.58 bits per heavy atom. The molecule has 0 radical (unpaired) electrons. The minimum absolute atomic E-state index is 0.0111. The first-order valence-electron chi connectivity index (χ1n) is 9.04. The van der Waals surface area contributed by atoms with Gasteiger partial charge in [0.05, 0.1) is 4.91 Å². The molecule has 0 bridgehead atoms. The molecule has 1 aromatic heterocycles. The number of carbonyl (C=O) groups is 1. The van der Waals surface area contributed by atoms with Crippen LogP contribution in [0, 0.1) is 20.8 Å². The van der Waals surface area contributed by atoms with Gasteiger partial charge >= 0.3 is 0 Å². The number of fused-ring (bicyclic) bond motifs is 1. The van der Waals surface area contributed by atoms with Crippen molar-refractivity contribution in [2.75, 3.05) is 23.3 Å². The molecule has 2 aromatic rings. The van der Waals surface area contributed by atoms with E-state index >= 15 is 0 Å². The van der Waals surface area contributed by atoms with E-state index in [1.165, 1.54) is 26.6 Å². The molecule has 0 saturated carbocycles. The summed E-state index contributed by atoms with van der Waals surface area (Å²) in [5.74, 6) is 0.869. The molecule has 0 unspecified atom stereocenters. The van der Waals surface area contributed by atoms with Crippen LogP contribution in [0.4, 0.5) is 11.4 Å². The Morgan fingerprint density at radius 1 is 1.19 bits per heavy atom. The molecule has 0 saturated heterocycles. The van der Waals surface area contributed by atoms with Gasteiger partial charge < -0.3 is 10.2 Å². The topological polar surface area (TPSA) is 32.3 Å². The molecule has 1 aromatic carbocycles. The quantitative estimate of drug-likeness (QED) is 0.710. The van der Waals surface area contributed by atoms with Crippen molar-refractivity contribution in [3.63, 3.8) is 0 Å². The van der Waals surface area contributed by atoms with Gasteiger partial charge in [0.25, 0.3) is 5.91 Å². The zero-order chi connectivity index (χ0) is 18.8. The van der Waals surface area contributed by atoms with Gasteiger partial charge in [-0.05, 0) is 75.6 Å². The number of nitrogens with one attached hydrogen (secondary N) is 1. The normalized spacial score (nSPS) is 13.2. The van der Waals surface area contributed by atoms with Gasteiger partial charge in [-0.2, -0.15) is 0 Å². The van der Waals surface area contributed by atoms with Crippen LogP contribution in [0.1, 0.15) is 40.3 Å². The number of benzene rings is 1. The lowest BCUT2D eigenvalue weighted by atomic mass is 10.1. The molecule has 5 heteroatoms. The average Bonchev–Trinajstić information content (AvgIpc) is 2.92. The molecule has 1 amide bonds. The Hall–Kier alpha value is -1.72. The summed E-state index contributed by atoms with van der Waals surface area (Å²) in [5, 5.41) is 3.09. The number of thiophene rings is 1. The van der Waals surface area contributed by atoms with Crippen LogP contribution in [-0.2, 0) is 10.5 Å². The van der Waals surface area contributed by atoms with E-state index in [4.69, 9.17) is 0 Å². The summed E-state index contributed by atoms with van der Waals surface area (Å²) in [7, 11) is 0. The predicted molar refractivity (Wildman–Crippen MR) is 116 cm³/mol. The van der Waals surface area contributed by atoms with E-state index < -0.39 is 0 Å². The molecule has 26 heavy (non-hydrogen) atoms. The highest BCUT2D eigenvalue weighted by Gasteiger charge is 2.21. The number of thioether (sulfide) groups is 1. The Kier molecular flexibility index (Phi) is 5.78. The van der Waals surface area contributed by atoms with Crippen LogP contribution < -0.4 is 10.2 Å². The summed E-state index contributed by atoms with van der Waals surface area (Å²) in [5.41, 5.74) is 5.93. The summed E-state index contributed by atoms with van der Waals surface area (Å²) in [4.78, 5) is 18.4. The second-order valence-electron chi connectivity index (χ2n) is 6.55. The number of rotatable bonds is 5. The van der Waals surface area contributed by atoms with E-state index in [1.807, 2.05) is 12.1 Å². The molecule has 0 fully saturated rings. The second kappa shape index (κ2) is 7.89. The van der Waals surface area contributed by atoms with Crippen LogP contribution in [-0.4, -0.2) is 19.0 Å².